The van der Waals surface area contributed by atoms with Gasteiger partial charge in [0.05, 0.1) is 0 Å². The molecule has 16 heavy (non-hydrogen) atoms. The summed E-state index contributed by atoms with van der Waals surface area (Å²) in [5.41, 5.74) is 8.24. The molecule has 2 rings (SSSR count). The van der Waals surface area contributed by atoms with Crippen LogP contribution in [0.2, 0.25) is 0 Å². The molecule has 0 unspecified atom stereocenters. The van der Waals surface area contributed by atoms with Crippen LogP contribution in [0.4, 0.5) is 4.39 Å². The summed E-state index contributed by atoms with van der Waals surface area (Å²) in [6.45, 7) is 0.232. The first-order valence-corrected chi connectivity index (χ1v) is 5.16. The van der Waals surface area contributed by atoms with E-state index in [1.54, 1.807) is 18.5 Å². The molecule has 0 saturated heterocycles. The molecule has 0 spiro atoms. The molecular formula is C13H13FN2. The molecule has 0 bridgehead atoms. The van der Waals surface area contributed by atoms with Gasteiger partial charge in [0, 0.05) is 24.5 Å². The molecule has 2 nitrogen and oxygen atoms in total. The van der Waals surface area contributed by atoms with Crippen molar-refractivity contribution in [3.8, 4) is 0 Å². The smallest absolute Gasteiger partial charge is 0.127 e. The first-order valence-electron chi connectivity index (χ1n) is 5.16. The third-order valence-electron chi connectivity index (χ3n) is 2.49. The van der Waals surface area contributed by atoms with Gasteiger partial charge in [-0.15, -0.1) is 0 Å². The van der Waals surface area contributed by atoms with Gasteiger partial charge in [-0.05, 0) is 35.7 Å². The lowest BCUT2D eigenvalue weighted by atomic mass is 10.0. The van der Waals surface area contributed by atoms with E-state index in [-0.39, 0.29) is 12.4 Å². The van der Waals surface area contributed by atoms with Crippen LogP contribution in [0.25, 0.3) is 0 Å². The predicted octanol–water partition coefficient (Wildman–Crippen LogP) is 2.27. The van der Waals surface area contributed by atoms with Crippen molar-refractivity contribution in [2.45, 2.75) is 13.0 Å². The molecule has 0 aliphatic carbocycles. The highest BCUT2D eigenvalue weighted by Gasteiger charge is 2.02. The maximum Gasteiger partial charge on any atom is 0.127 e. The van der Waals surface area contributed by atoms with E-state index < -0.39 is 0 Å². The Morgan fingerprint density at radius 1 is 1.06 bits per heavy atom. The third-order valence-corrected chi connectivity index (χ3v) is 2.49. The second kappa shape index (κ2) is 4.86. The average Bonchev–Trinajstić information content (AvgIpc) is 2.33. The van der Waals surface area contributed by atoms with Crippen LogP contribution < -0.4 is 5.73 Å². The monoisotopic (exact) mass is 216 g/mol. The summed E-state index contributed by atoms with van der Waals surface area (Å²) in [6, 6.07) is 8.97. The van der Waals surface area contributed by atoms with E-state index in [4.69, 9.17) is 5.73 Å². The molecule has 2 aromatic rings. The Hall–Kier alpha value is -1.74. The number of pyridine rings is 1. The topological polar surface area (TPSA) is 38.9 Å². The molecule has 0 fully saturated rings. The fourth-order valence-electron chi connectivity index (χ4n) is 1.63. The fourth-order valence-corrected chi connectivity index (χ4v) is 1.63. The first kappa shape index (κ1) is 10.8. The van der Waals surface area contributed by atoms with Crippen LogP contribution >= 0.6 is 0 Å². The summed E-state index contributed by atoms with van der Waals surface area (Å²) in [5.74, 6) is -0.235. The van der Waals surface area contributed by atoms with Crippen LogP contribution in [-0.2, 0) is 13.0 Å². The minimum absolute atomic E-state index is 0.232. The molecule has 0 aliphatic rings. The number of nitrogens with two attached hydrogens (primary N) is 1. The van der Waals surface area contributed by atoms with Crippen molar-refractivity contribution in [2.24, 2.45) is 5.73 Å². The molecule has 2 N–H and O–H groups in total. The Labute approximate surface area is 93.9 Å². The molecule has 0 saturated carbocycles. The van der Waals surface area contributed by atoms with Crippen molar-refractivity contribution < 1.29 is 4.39 Å². The number of halogens is 1. The lowest BCUT2D eigenvalue weighted by molar-refractivity contribution is 0.610. The highest BCUT2D eigenvalue weighted by Crippen LogP contribution is 2.13. The molecule has 1 aromatic heterocycles. The first-order chi connectivity index (χ1) is 7.79. The van der Waals surface area contributed by atoms with Crippen LogP contribution in [0, 0.1) is 5.82 Å². The lowest BCUT2D eigenvalue weighted by Gasteiger charge is -2.05. The maximum absolute atomic E-state index is 13.2. The van der Waals surface area contributed by atoms with Crippen LogP contribution in [0.1, 0.15) is 16.7 Å². The van der Waals surface area contributed by atoms with Crippen molar-refractivity contribution in [1.29, 1.82) is 0 Å². The van der Waals surface area contributed by atoms with E-state index in [2.05, 4.69) is 4.98 Å². The van der Waals surface area contributed by atoms with Gasteiger partial charge in [0.1, 0.15) is 5.82 Å². The summed E-state index contributed by atoms with van der Waals surface area (Å²) in [6.07, 6.45) is 4.28. The van der Waals surface area contributed by atoms with Crippen molar-refractivity contribution in [3.63, 3.8) is 0 Å². The van der Waals surface area contributed by atoms with Crippen LogP contribution in [0.5, 0.6) is 0 Å². The van der Waals surface area contributed by atoms with Crippen molar-refractivity contribution in [2.75, 3.05) is 0 Å². The lowest BCUT2D eigenvalue weighted by Crippen LogP contribution is -2.01. The predicted molar refractivity (Wildman–Crippen MR) is 61.3 cm³/mol. The fraction of sp³-hybridized carbons (Fsp3) is 0.154. The van der Waals surface area contributed by atoms with Crippen LogP contribution in [0.3, 0.4) is 0 Å². The van der Waals surface area contributed by atoms with Gasteiger partial charge in [-0.1, -0.05) is 12.1 Å². The quantitative estimate of drug-likeness (QED) is 0.854. The van der Waals surface area contributed by atoms with E-state index in [1.807, 2.05) is 18.2 Å². The van der Waals surface area contributed by atoms with Gasteiger partial charge in [0.25, 0.3) is 0 Å². The summed E-state index contributed by atoms with van der Waals surface area (Å²) < 4.78 is 13.2. The standard InChI is InChI=1S/C13H13FN2/c14-13-2-1-11(8-12(13)9-15)7-10-3-5-16-6-4-10/h1-6,8H,7,9,15H2. The second-order valence-corrected chi connectivity index (χ2v) is 3.66. The largest absolute Gasteiger partial charge is 0.326 e. The van der Waals surface area contributed by atoms with Gasteiger partial charge < -0.3 is 5.73 Å². The number of rotatable bonds is 3. The molecule has 3 heteroatoms. The van der Waals surface area contributed by atoms with E-state index in [9.17, 15) is 4.39 Å². The van der Waals surface area contributed by atoms with E-state index in [1.165, 1.54) is 6.07 Å². The summed E-state index contributed by atoms with van der Waals surface area (Å²) >= 11 is 0. The van der Waals surface area contributed by atoms with E-state index in [0.717, 1.165) is 17.5 Å². The van der Waals surface area contributed by atoms with Gasteiger partial charge >= 0.3 is 0 Å². The zero-order valence-electron chi connectivity index (χ0n) is 8.86. The number of aromatic nitrogens is 1. The minimum atomic E-state index is -0.235. The maximum atomic E-state index is 13.2. The molecule has 0 atom stereocenters. The molecule has 0 amide bonds. The Balaban J connectivity index is 2.22. The zero-order valence-corrected chi connectivity index (χ0v) is 8.86. The number of benzene rings is 1. The van der Waals surface area contributed by atoms with Crippen LogP contribution in [-0.4, -0.2) is 4.98 Å². The molecule has 82 valence electrons. The van der Waals surface area contributed by atoms with E-state index >= 15 is 0 Å². The molecule has 1 aromatic carbocycles. The average molecular weight is 216 g/mol. The Morgan fingerprint density at radius 3 is 2.50 bits per heavy atom. The Morgan fingerprint density at radius 2 is 1.81 bits per heavy atom. The molecule has 0 aliphatic heterocycles. The van der Waals surface area contributed by atoms with Gasteiger partial charge in [0.15, 0.2) is 0 Å². The van der Waals surface area contributed by atoms with Crippen molar-refractivity contribution >= 4 is 0 Å². The summed E-state index contributed by atoms with van der Waals surface area (Å²) in [4.78, 5) is 3.95. The third kappa shape index (κ3) is 2.44. The number of nitrogens with zero attached hydrogens (tertiary/aromatic N) is 1. The molecular weight excluding hydrogens is 203 g/mol. The normalized spacial score (nSPS) is 10.4. The van der Waals surface area contributed by atoms with Gasteiger partial charge in [0.2, 0.25) is 0 Å². The second-order valence-electron chi connectivity index (χ2n) is 3.66. The van der Waals surface area contributed by atoms with Crippen molar-refractivity contribution in [1.82, 2.24) is 4.98 Å². The summed E-state index contributed by atoms with van der Waals surface area (Å²) in [5, 5.41) is 0. The number of hydrogen-bond donors (Lipinski definition) is 1. The zero-order chi connectivity index (χ0) is 11.4. The highest BCUT2D eigenvalue weighted by atomic mass is 19.1. The number of hydrogen-bond acceptors (Lipinski definition) is 2. The molecule has 1 heterocycles. The Bertz CT molecular complexity index is 469. The van der Waals surface area contributed by atoms with E-state index in [0.29, 0.717) is 5.56 Å². The highest BCUT2D eigenvalue weighted by molar-refractivity contribution is 5.29. The van der Waals surface area contributed by atoms with Gasteiger partial charge in [-0.25, -0.2) is 4.39 Å². The van der Waals surface area contributed by atoms with Crippen molar-refractivity contribution in [3.05, 3.63) is 65.2 Å². The Kier molecular flexibility index (Phi) is 3.27. The van der Waals surface area contributed by atoms with Gasteiger partial charge in [-0.2, -0.15) is 0 Å². The SMILES string of the molecule is NCc1cc(Cc2ccncc2)ccc1F. The minimum Gasteiger partial charge on any atom is -0.326 e. The van der Waals surface area contributed by atoms with Gasteiger partial charge in [-0.3, -0.25) is 4.98 Å². The molecule has 0 radical (unpaired) electrons. The summed E-state index contributed by atoms with van der Waals surface area (Å²) in [7, 11) is 0. The van der Waals surface area contributed by atoms with Crippen LogP contribution in [0.15, 0.2) is 42.7 Å².